The van der Waals surface area contributed by atoms with Crippen LogP contribution in [-0.2, 0) is 0 Å². The minimum Gasteiger partial charge on any atom is -0.302 e. The summed E-state index contributed by atoms with van der Waals surface area (Å²) in [6.45, 7) is 5.72. The normalized spacial score (nSPS) is 11.2. The molecule has 0 saturated carbocycles. The van der Waals surface area contributed by atoms with Gasteiger partial charge in [-0.05, 0) is 30.7 Å². The molecular weight excluding hydrogens is 275 g/mol. The van der Waals surface area contributed by atoms with E-state index in [0.29, 0.717) is 5.56 Å². The van der Waals surface area contributed by atoms with Gasteiger partial charge < -0.3 is 4.57 Å². The van der Waals surface area contributed by atoms with Gasteiger partial charge in [-0.25, -0.2) is 4.39 Å². The zero-order chi connectivity index (χ0) is 16.0. The van der Waals surface area contributed by atoms with Crippen LogP contribution in [0.1, 0.15) is 32.4 Å². The lowest BCUT2D eigenvalue weighted by Gasteiger charge is -2.14. The van der Waals surface area contributed by atoms with Crippen molar-refractivity contribution in [1.29, 1.82) is 0 Å². The van der Waals surface area contributed by atoms with Crippen LogP contribution in [0.25, 0.3) is 0 Å². The molecule has 1 atom stereocenters. The largest absolute Gasteiger partial charge is 0.334 e. The van der Waals surface area contributed by atoms with Crippen molar-refractivity contribution in [3.8, 4) is 0 Å². The van der Waals surface area contributed by atoms with Crippen LogP contribution in [0.5, 0.6) is 0 Å². The first-order chi connectivity index (χ1) is 10.0. The molecule has 21 heavy (non-hydrogen) atoms. The van der Waals surface area contributed by atoms with Crippen molar-refractivity contribution in [2.75, 3.05) is 0 Å². The van der Waals surface area contributed by atoms with Crippen molar-refractivity contribution in [3.63, 3.8) is 0 Å². The van der Waals surface area contributed by atoms with Gasteiger partial charge in [0.25, 0.3) is 0 Å². The van der Waals surface area contributed by atoms with Gasteiger partial charge in [-0.2, -0.15) is 0 Å². The Morgan fingerprint density at radius 1 is 1.19 bits per heavy atom. The van der Waals surface area contributed by atoms with Gasteiger partial charge >= 0.3 is 11.2 Å². The number of pyridine rings is 1. The molecule has 0 radical (unpaired) electrons. The number of halogens is 1. The highest BCUT2D eigenvalue weighted by atomic mass is 19.1. The second kappa shape index (κ2) is 7.33. The SMILES string of the molecule is CC.C[C@H](c1ccc(F)cc1)n1cccc([N+](=O)[O-])c1=O. The lowest BCUT2D eigenvalue weighted by Crippen LogP contribution is -2.25. The minimum atomic E-state index is -0.712. The molecule has 0 saturated heterocycles. The van der Waals surface area contributed by atoms with E-state index in [1.54, 1.807) is 19.1 Å². The van der Waals surface area contributed by atoms with Crippen LogP contribution in [0.2, 0.25) is 0 Å². The Morgan fingerprint density at radius 3 is 2.29 bits per heavy atom. The molecule has 5 nitrogen and oxygen atoms in total. The van der Waals surface area contributed by atoms with Crippen molar-refractivity contribution < 1.29 is 9.31 Å². The number of nitro groups is 1. The van der Waals surface area contributed by atoms with E-state index in [9.17, 15) is 19.3 Å². The first-order valence-electron chi connectivity index (χ1n) is 6.61. The van der Waals surface area contributed by atoms with Gasteiger partial charge in [0.2, 0.25) is 0 Å². The molecule has 1 heterocycles. The summed E-state index contributed by atoms with van der Waals surface area (Å²) in [5.74, 6) is -0.373. The Morgan fingerprint density at radius 2 is 1.76 bits per heavy atom. The van der Waals surface area contributed by atoms with Gasteiger partial charge in [0.15, 0.2) is 0 Å². The number of hydrogen-bond donors (Lipinski definition) is 0. The second-order valence-corrected chi connectivity index (χ2v) is 4.09. The highest BCUT2D eigenvalue weighted by Crippen LogP contribution is 2.17. The predicted molar refractivity (Wildman–Crippen MR) is 78.9 cm³/mol. The molecular formula is C15H17FN2O3. The quantitative estimate of drug-likeness (QED) is 0.642. The van der Waals surface area contributed by atoms with Gasteiger partial charge in [0, 0.05) is 12.3 Å². The first-order valence-corrected chi connectivity index (χ1v) is 6.61. The molecule has 0 aliphatic heterocycles. The topological polar surface area (TPSA) is 65.1 Å². The smallest absolute Gasteiger partial charge is 0.302 e. The van der Waals surface area contributed by atoms with Gasteiger partial charge in [0.05, 0.1) is 11.0 Å². The molecule has 0 amide bonds. The number of benzene rings is 1. The molecule has 2 aromatic rings. The van der Waals surface area contributed by atoms with E-state index in [-0.39, 0.29) is 5.82 Å². The number of aromatic nitrogens is 1. The maximum absolute atomic E-state index is 12.8. The van der Waals surface area contributed by atoms with Crippen molar-refractivity contribution in [2.45, 2.75) is 26.8 Å². The lowest BCUT2D eigenvalue weighted by molar-refractivity contribution is -0.386. The highest BCUT2D eigenvalue weighted by Gasteiger charge is 2.17. The number of nitrogens with zero attached hydrogens (tertiary/aromatic N) is 2. The van der Waals surface area contributed by atoms with Crippen molar-refractivity contribution in [3.05, 3.63) is 74.4 Å². The number of rotatable bonds is 3. The average molecular weight is 292 g/mol. The zero-order valence-corrected chi connectivity index (χ0v) is 12.1. The van der Waals surface area contributed by atoms with Crippen molar-refractivity contribution in [2.24, 2.45) is 0 Å². The predicted octanol–water partition coefficient (Wildman–Crippen LogP) is 3.53. The number of hydrogen-bond acceptors (Lipinski definition) is 3. The lowest BCUT2D eigenvalue weighted by atomic mass is 10.1. The maximum Gasteiger partial charge on any atom is 0.334 e. The average Bonchev–Trinajstić information content (AvgIpc) is 2.49. The minimum absolute atomic E-state index is 0.373. The van der Waals surface area contributed by atoms with Crippen LogP contribution >= 0.6 is 0 Å². The molecule has 0 spiro atoms. The molecule has 0 fully saturated rings. The van der Waals surface area contributed by atoms with Gasteiger partial charge in [-0.15, -0.1) is 0 Å². The van der Waals surface area contributed by atoms with Crippen LogP contribution in [0.15, 0.2) is 47.4 Å². The molecule has 0 aliphatic carbocycles. The first kappa shape index (κ1) is 16.6. The van der Waals surface area contributed by atoms with E-state index in [0.717, 1.165) is 6.07 Å². The fraction of sp³-hybridized carbons (Fsp3) is 0.267. The van der Waals surface area contributed by atoms with Crippen LogP contribution in [0.4, 0.5) is 10.1 Å². The molecule has 112 valence electrons. The third-order valence-electron chi connectivity index (χ3n) is 2.92. The van der Waals surface area contributed by atoms with E-state index < -0.39 is 22.2 Å². The third-order valence-corrected chi connectivity index (χ3v) is 2.92. The van der Waals surface area contributed by atoms with Crippen molar-refractivity contribution in [1.82, 2.24) is 4.57 Å². The summed E-state index contributed by atoms with van der Waals surface area (Å²) >= 11 is 0. The van der Waals surface area contributed by atoms with Crippen LogP contribution < -0.4 is 5.56 Å². The summed E-state index contributed by atoms with van der Waals surface area (Å²) < 4.78 is 14.1. The van der Waals surface area contributed by atoms with E-state index in [2.05, 4.69) is 0 Å². The van der Waals surface area contributed by atoms with E-state index in [4.69, 9.17) is 0 Å². The Bertz CT molecular complexity index is 665. The van der Waals surface area contributed by atoms with Gasteiger partial charge in [0.1, 0.15) is 5.82 Å². The van der Waals surface area contributed by atoms with E-state index in [1.807, 2.05) is 13.8 Å². The van der Waals surface area contributed by atoms with Crippen LogP contribution in [0, 0.1) is 15.9 Å². The standard InChI is InChI=1S/C13H11FN2O3.C2H6/c1-9(10-4-6-11(14)7-5-10)15-8-2-3-12(13(15)17)16(18)19;1-2/h2-9H,1H3;1-2H3/t9-;/m1./s1. The highest BCUT2D eigenvalue weighted by molar-refractivity contribution is 5.27. The zero-order valence-electron chi connectivity index (χ0n) is 12.1. The monoisotopic (exact) mass is 292 g/mol. The Labute approximate surface area is 121 Å². The summed E-state index contributed by atoms with van der Waals surface area (Å²) in [5, 5.41) is 10.7. The van der Waals surface area contributed by atoms with E-state index >= 15 is 0 Å². The fourth-order valence-electron chi connectivity index (χ4n) is 1.84. The Hall–Kier alpha value is -2.50. The summed E-state index contributed by atoms with van der Waals surface area (Å²) in [4.78, 5) is 21.9. The van der Waals surface area contributed by atoms with E-state index in [1.165, 1.54) is 29.0 Å². The van der Waals surface area contributed by atoms with Gasteiger partial charge in [-0.1, -0.05) is 26.0 Å². The van der Waals surface area contributed by atoms with Crippen LogP contribution in [0.3, 0.4) is 0 Å². The third kappa shape index (κ3) is 3.75. The maximum atomic E-state index is 12.8. The molecule has 0 bridgehead atoms. The molecule has 1 aromatic carbocycles. The molecule has 0 aliphatic rings. The summed E-state index contributed by atoms with van der Waals surface area (Å²) in [6.07, 6.45) is 1.48. The summed E-state index contributed by atoms with van der Waals surface area (Å²) in [7, 11) is 0. The molecule has 1 aromatic heterocycles. The second-order valence-electron chi connectivity index (χ2n) is 4.09. The molecule has 2 rings (SSSR count). The van der Waals surface area contributed by atoms with Crippen LogP contribution in [-0.4, -0.2) is 9.49 Å². The molecule has 6 heteroatoms. The van der Waals surface area contributed by atoms with Gasteiger partial charge in [-0.3, -0.25) is 14.9 Å². The molecule has 0 unspecified atom stereocenters. The summed E-state index contributed by atoms with van der Waals surface area (Å²) in [6, 6.07) is 7.86. The Kier molecular flexibility index (Phi) is 5.78. The Balaban J connectivity index is 0.00000106. The fourth-order valence-corrected chi connectivity index (χ4v) is 1.84. The molecule has 0 N–H and O–H groups in total. The van der Waals surface area contributed by atoms with Crippen molar-refractivity contribution >= 4 is 5.69 Å². The summed E-state index contributed by atoms with van der Waals surface area (Å²) in [5.41, 5.74) is -0.454.